The summed E-state index contributed by atoms with van der Waals surface area (Å²) in [7, 11) is 1.60. The fourth-order valence-electron chi connectivity index (χ4n) is 2.27. The second-order valence-corrected chi connectivity index (χ2v) is 6.03. The standard InChI is InChI=1S/C18H14BrNO4/c1-23-14-5-2-11(3-6-14)10-24-16-9-12-8-13(19)4-7-15(12)20-17(16)18(21)22/h2-9H,10H2,1H3,(H,21,22). The van der Waals surface area contributed by atoms with Crippen molar-refractivity contribution in [3.63, 3.8) is 0 Å². The zero-order valence-corrected chi connectivity index (χ0v) is 14.4. The molecule has 0 unspecified atom stereocenters. The van der Waals surface area contributed by atoms with Gasteiger partial charge in [0.1, 0.15) is 12.4 Å². The molecule has 0 atom stereocenters. The molecule has 0 saturated heterocycles. The van der Waals surface area contributed by atoms with Gasteiger partial charge in [-0.25, -0.2) is 9.78 Å². The van der Waals surface area contributed by atoms with Crippen LogP contribution in [0.15, 0.2) is 53.0 Å². The van der Waals surface area contributed by atoms with Crippen LogP contribution in [0, 0.1) is 0 Å². The van der Waals surface area contributed by atoms with Gasteiger partial charge in [0.05, 0.1) is 12.6 Å². The maximum atomic E-state index is 11.5. The largest absolute Gasteiger partial charge is 0.497 e. The Morgan fingerprint density at radius 1 is 1.17 bits per heavy atom. The van der Waals surface area contributed by atoms with Gasteiger partial charge in [-0.3, -0.25) is 0 Å². The molecule has 0 saturated carbocycles. The molecule has 0 bridgehead atoms. The lowest BCUT2D eigenvalue weighted by atomic mass is 10.2. The Kier molecular flexibility index (Phi) is 4.66. The maximum absolute atomic E-state index is 11.5. The number of fused-ring (bicyclic) bond motifs is 1. The second-order valence-electron chi connectivity index (χ2n) is 5.11. The Labute approximate surface area is 147 Å². The number of benzene rings is 2. The van der Waals surface area contributed by atoms with E-state index in [1.807, 2.05) is 36.4 Å². The maximum Gasteiger partial charge on any atom is 0.358 e. The second kappa shape index (κ2) is 6.88. The van der Waals surface area contributed by atoms with Crippen molar-refractivity contribution in [1.82, 2.24) is 4.98 Å². The zero-order chi connectivity index (χ0) is 17.1. The van der Waals surface area contributed by atoms with Gasteiger partial charge in [0, 0.05) is 9.86 Å². The highest BCUT2D eigenvalue weighted by molar-refractivity contribution is 9.10. The molecule has 3 aromatic rings. The van der Waals surface area contributed by atoms with E-state index < -0.39 is 5.97 Å². The third kappa shape index (κ3) is 3.49. The highest BCUT2D eigenvalue weighted by Crippen LogP contribution is 2.26. The Bertz CT molecular complexity index is 893. The Morgan fingerprint density at radius 2 is 1.92 bits per heavy atom. The quantitative estimate of drug-likeness (QED) is 0.707. The van der Waals surface area contributed by atoms with Gasteiger partial charge in [0.25, 0.3) is 0 Å². The minimum Gasteiger partial charge on any atom is -0.497 e. The fraction of sp³-hybridized carbons (Fsp3) is 0.111. The zero-order valence-electron chi connectivity index (χ0n) is 12.8. The predicted molar refractivity (Wildman–Crippen MR) is 93.7 cm³/mol. The topological polar surface area (TPSA) is 68.7 Å². The summed E-state index contributed by atoms with van der Waals surface area (Å²) < 4.78 is 11.7. The van der Waals surface area contributed by atoms with Crippen LogP contribution in [-0.2, 0) is 6.61 Å². The van der Waals surface area contributed by atoms with E-state index in [-0.39, 0.29) is 18.1 Å². The van der Waals surface area contributed by atoms with Crippen molar-refractivity contribution in [1.29, 1.82) is 0 Å². The van der Waals surface area contributed by atoms with Gasteiger partial charge in [-0.15, -0.1) is 0 Å². The van der Waals surface area contributed by atoms with E-state index in [2.05, 4.69) is 20.9 Å². The third-order valence-corrected chi connectivity index (χ3v) is 3.99. The number of halogens is 1. The molecule has 0 aliphatic rings. The molecule has 5 nitrogen and oxygen atoms in total. The summed E-state index contributed by atoms with van der Waals surface area (Å²) in [5.41, 5.74) is 1.41. The van der Waals surface area contributed by atoms with Crippen molar-refractivity contribution >= 4 is 32.8 Å². The van der Waals surface area contributed by atoms with E-state index in [0.29, 0.717) is 5.52 Å². The number of pyridine rings is 1. The highest BCUT2D eigenvalue weighted by Gasteiger charge is 2.15. The monoisotopic (exact) mass is 387 g/mol. The first-order valence-electron chi connectivity index (χ1n) is 7.16. The molecule has 1 heterocycles. The number of ether oxygens (including phenoxy) is 2. The number of aromatic carboxylic acids is 1. The van der Waals surface area contributed by atoms with Crippen molar-refractivity contribution in [2.45, 2.75) is 6.61 Å². The van der Waals surface area contributed by atoms with E-state index in [1.54, 1.807) is 19.2 Å². The Balaban J connectivity index is 1.91. The summed E-state index contributed by atoms with van der Waals surface area (Å²) in [5, 5.41) is 10.2. The molecule has 0 amide bonds. The highest BCUT2D eigenvalue weighted by atomic mass is 79.9. The molecule has 1 aromatic heterocycles. The molecule has 0 aliphatic carbocycles. The van der Waals surface area contributed by atoms with E-state index >= 15 is 0 Å². The van der Waals surface area contributed by atoms with Gasteiger partial charge in [-0.2, -0.15) is 0 Å². The van der Waals surface area contributed by atoms with Crippen molar-refractivity contribution in [3.8, 4) is 11.5 Å². The van der Waals surface area contributed by atoms with Gasteiger partial charge in [-0.05, 0) is 42.0 Å². The van der Waals surface area contributed by atoms with Gasteiger partial charge < -0.3 is 14.6 Å². The van der Waals surface area contributed by atoms with Crippen LogP contribution in [-0.4, -0.2) is 23.2 Å². The van der Waals surface area contributed by atoms with Crippen LogP contribution in [0.2, 0.25) is 0 Å². The van der Waals surface area contributed by atoms with Crippen molar-refractivity contribution < 1.29 is 19.4 Å². The molecule has 3 rings (SSSR count). The minimum absolute atomic E-state index is 0.0988. The fourth-order valence-corrected chi connectivity index (χ4v) is 2.65. The van der Waals surface area contributed by atoms with Crippen LogP contribution in [0.1, 0.15) is 16.1 Å². The molecular weight excluding hydrogens is 374 g/mol. The van der Waals surface area contributed by atoms with E-state index in [4.69, 9.17) is 9.47 Å². The van der Waals surface area contributed by atoms with Crippen molar-refractivity contribution in [3.05, 3.63) is 64.3 Å². The van der Waals surface area contributed by atoms with Crippen LogP contribution in [0.3, 0.4) is 0 Å². The van der Waals surface area contributed by atoms with E-state index in [0.717, 1.165) is 21.2 Å². The first-order valence-corrected chi connectivity index (χ1v) is 7.95. The van der Waals surface area contributed by atoms with Gasteiger partial charge in [0.2, 0.25) is 0 Å². The molecule has 0 fully saturated rings. The number of rotatable bonds is 5. The number of carboxylic acids is 1. The van der Waals surface area contributed by atoms with E-state index in [9.17, 15) is 9.90 Å². The molecule has 0 radical (unpaired) electrons. The summed E-state index contributed by atoms with van der Waals surface area (Å²) in [5.74, 6) is -0.129. The number of methoxy groups -OCH3 is 1. The number of carboxylic acid groups (broad SMARTS) is 1. The summed E-state index contributed by atoms with van der Waals surface area (Å²) in [6.45, 7) is 0.242. The summed E-state index contributed by atoms with van der Waals surface area (Å²) in [6.07, 6.45) is 0. The van der Waals surface area contributed by atoms with Crippen molar-refractivity contribution in [2.75, 3.05) is 7.11 Å². The molecule has 1 N–H and O–H groups in total. The van der Waals surface area contributed by atoms with Gasteiger partial charge in [0.15, 0.2) is 11.4 Å². The average molecular weight is 388 g/mol. The first kappa shape index (κ1) is 16.3. The normalized spacial score (nSPS) is 10.6. The molecule has 24 heavy (non-hydrogen) atoms. The number of hydrogen-bond donors (Lipinski definition) is 1. The SMILES string of the molecule is COc1ccc(COc2cc3cc(Br)ccc3nc2C(=O)O)cc1. The summed E-state index contributed by atoms with van der Waals surface area (Å²) >= 11 is 3.40. The summed E-state index contributed by atoms with van der Waals surface area (Å²) in [4.78, 5) is 15.6. The smallest absolute Gasteiger partial charge is 0.358 e. The van der Waals surface area contributed by atoms with Crippen LogP contribution in [0.4, 0.5) is 0 Å². The predicted octanol–water partition coefficient (Wildman–Crippen LogP) is 4.28. The molecule has 0 spiro atoms. The van der Waals surface area contributed by atoms with Gasteiger partial charge in [-0.1, -0.05) is 28.1 Å². The lowest BCUT2D eigenvalue weighted by Crippen LogP contribution is -2.06. The molecule has 6 heteroatoms. The van der Waals surface area contributed by atoms with Crippen LogP contribution in [0.25, 0.3) is 10.9 Å². The van der Waals surface area contributed by atoms with Crippen LogP contribution < -0.4 is 9.47 Å². The average Bonchev–Trinajstić information content (AvgIpc) is 2.59. The number of carbonyl (C=O) groups is 1. The van der Waals surface area contributed by atoms with E-state index in [1.165, 1.54) is 0 Å². The van der Waals surface area contributed by atoms with Crippen LogP contribution >= 0.6 is 15.9 Å². The van der Waals surface area contributed by atoms with Gasteiger partial charge >= 0.3 is 5.97 Å². The molecule has 122 valence electrons. The lowest BCUT2D eigenvalue weighted by Gasteiger charge is -2.11. The molecular formula is C18H14BrNO4. The number of nitrogens with zero attached hydrogens (tertiary/aromatic N) is 1. The summed E-state index contributed by atoms with van der Waals surface area (Å²) in [6, 6.07) is 14.5. The minimum atomic E-state index is -1.12. The molecule has 0 aliphatic heterocycles. The Morgan fingerprint density at radius 3 is 2.58 bits per heavy atom. The lowest BCUT2D eigenvalue weighted by molar-refractivity contribution is 0.0685. The molecule has 2 aromatic carbocycles. The Hall–Kier alpha value is -2.60. The first-order chi connectivity index (χ1) is 11.6. The number of hydrogen-bond acceptors (Lipinski definition) is 4. The van der Waals surface area contributed by atoms with Crippen molar-refractivity contribution in [2.24, 2.45) is 0 Å². The van der Waals surface area contributed by atoms with Crippen LogP contribution in [0.5, 0.6) is 11.5 Å². The third-order valence-electron chi connectivity index (χ3n) is 3.50. The number of aromatic nitrogens is 1.